The predicted molar refractivity (Wildman–Crippen MR) is 119 cm³/mol. The Labute approximate surface area is 185 Å². The molecule has 0 N–H and O–H groups in total. The molecule has 0 unspecified atom stereocenters. The molecule has 3 aromatic rings. The Kier molecular flexibility index (Phi) is 6.31. The zero-order chi connectivity index (χ0) is 22.7. The molecule has 0 bridgehead atoms. The maximum Gasteiger partial charge on any atom is 0.434 e. The van der Waals surface area contributed by atoms with E-state index in [9.17, 15) is 18.0 Å². The van der Waals surface area contributed by atoms with Crippen LogP contribution in [0.1, 0.15) is 70.2 Å². The van der Waals surface area contributed by atoms with E-state index in [-0.39, 0.29) is 12.4 Å². The van der Waals surface area contributed by atoms with Gasteiger partial charge in [-0.05, 0) is 43.2 Å². The number of alkyl halides is 3. The van der Waals surface area contributed by atoms with Crippen molar-refractivity contribution in [3.05, 3.63) is 94.6 Å². The highest BCUT2D eigenvalue weighted by Crippen LogP contribution is 2.36. The van der Waals surface area contributed by atoms with Crippen LogP contribution in [0.15, 0.2) is 60.8 Å². The van der Waals surface area contributed by atoms with E-state index in [2.05, 4.69) is 17.1 Å². The lowest BCUT2D eigenvalue weighted by Crippen LogP contribution is -2.11. The average Bonchev–Trinajstić information content (AvgIpc) is 3.15. The average molecular weight is 438 g/mol. The van der Waals surface area contributed by atoms with Crippen LogP contribution in [0.3, 0.4) is 0 Å². The third-order valence-electron chi connectivity index (χ3n) is 5.92. The molecule has 3 nitrogen and oxygen atoms in total. The van der Waals surface area contributed by atoms with Gasteiger partial charge in [0.25, 0.3) is 0 Å². The van der Waals surface area contributed by atoms with Crippen LogP contribution >= 0.6 is 0 Å². The number of benzene rings is 2. The third-order valence-corrected chi connectivity index (χ3v) is 5.92. The van der Waals surface area contributed by atoms with E-state index in [0.29, 0.717) is 17.9 Å². The van der Waals surface area contributed by atoms with Crippen molar-refractivity contribution >= 4 is 11.9 Å². The molecule has 2 aromatic carbocycles. The Morgan fingerprint density at radius 3 is 2.56 bits per heavy atom. The first kappa shape index (κ1) is 22.1. The van der Waals surface area contributed by atoms with E-state index in [1.165, 1.54) is 29.4 Å². The molecule has 4 rings (SSSR count). The summed E-state index contributed by atoms with van der Waals surface area (Å²) in [6, 6.07) is 15.1. The molecular formula is C26H25F3N2O. The van der Waals surface area contributed by atoms with Gasteiger partial charge in [-0.25, -0.2) is 4.98 Å². The molecule has 1 aliphatic rings. The molecule has 1 saturated carbocycles. The SMILES string of the molecule is Cc1ccc(C(=O)c2nc(C(F)(F)F)cn2CC/C=C/c2cccc(C3CCC3)c2)cc1. The van der Waals surface area contributed by atoms with Gasteiger partial charge in [-0.3, -0.25) is 4.79 Å². The van der Waals surface area contributed by atoms with Gasteiger partial charge in [0.2, 0.25) is 5.78 Å². The zero-order valence-corrected chi connectivity index (χ0v) is 17.9. The number of halogens is 3. The van der Waals surface area contributed by atoms with Crippen molar-refractivity contribution in [2.24, 2.45) is 0 Å². The third kappa shape index (κ3) is 5.01. The first-order chi connectivity index (χ1) is 15.3. The van der Waals surface area contributed by atoms with E-state index < -0.39 is 17.7 Å². The van der Waals surface area contributed by atoms with Crippen molar-refractivity contribution in [3.8, 4) is 0 Å². The largest absolute Gasteiger partial charge is 0.434 e. The lowest BCUT2D eigenvalue weighted by molar-refractivity contribution is -0.141. The molecule has 1 fully saturated rings. The Bertz CT molecular complexity index is 1120. The van der Waals surface area contributed by atoms with Crippen LogP contribution in [0.2, 0.25) is 0 Å². The van der Waals surface area contributed by atoms with E-state index in [4.69, 9.17) is 0 Å². The van der Waals surface area contributed by atoms with Crippen LogP contribution in [-0.2, 0) is 12.7 Å². The Hall–Kier alpha value is -3.15. The number of rotatable bonds is 7. The van der Waals surface area contributed by atoms with Crippen molar-refractivity contribution in [2.45, 2.75) is 51.2 Å². The number of aromatic nitrogens is 2. The smallest absolute Gasteiger partial charge is 0.327 e. The Balaban J connectivity index is 1.50. The molecule has 1 heterocycles. The summed E-state index contributed by atoms with van der Waals surface area (Å²) in [5, 5.41) is 0. The van der Waals surface area contributed by atoms with Gasteiger partial charge in [0, 0.05) is 18.3 Å². The zero-order valence-electron chi connectivity index (χ0n) is 17.9. The lowest BCUT2D eigenvalue weighted by Gasteiger charge is -2.25. The number of ketones is 1. The van der Waals surface area contributed by atoms with Crippen LogP contribution in [-0.4, -0.2) is 15.3 Å². The fourth-order valence-corrected chi connectivity index (χ4v) is 3.83. The maximum absolute atomic E-state index is 13.2. The number of aryl methyl sites for hydroxylation is 2. The molecule has 6 heteroatoms. The molecular weight excluding hydrogens is 413 g/mol. The normalized spacial score (nSPS) is 14.6. The van der Waals surface area contributed by atoms with E-state index in [1.54, 1.807) is 24.3 Å². The van der Waals surface area contributed by atoms with Gasteiger partial charge in [0.15, 0.2) is 11.5 Å². The van der Waals surface area contributed by atoms with Crippen molar-refractivity contribution < 1.29 is 18.0 Å². The molecule has 0 aliphatic heterocycles. The molecule has 32 heavy (non-hydrogen) atoms. The summed E-state index contributed by atoms with van der Waals surface area (Å²) in [6.07, 6.45) is 4.44. The second-order valence-corrected chi connectivity index (χ2v) is 8.33. The van der Waals surface area contributed by atoms with Crippen LogP contribution in [0.5, 0.6) is 0 Å². The number of carbonyl (C=O) groups is 1. The van der Waals surface area contributed by atoms with Crippen molar-refractivity contribution in [1.82, 2.24) is 9.55 Å². The summed E-state index contributed by atoms with van der Waals surface area (Å²) in [5.74, 6) is -0.0651. The first-order valence-corrected chi connectivity index (χ1v) is 10.8. The van der Waals surface area contributed by atoms with Gasteiger partial charge in [-0.2, -0.15) is 13.2 Å². The fourth-order valence-electron chi connectivity index (χ4n) is 3.83. The first-order valence-electron chi connectivity index (χ1n) is 10.8. The Morgan fingerprint density at radius 2 is 1.91 bits per heavy atom. The number of carbonyl (C=O) groups excluding carboxylic acids is 1. The molecule has 0 atom stereocenters. The quantitative estimate of drug-likeness (QED) is 0.380. The minimum atomic E-state index is -4.61. The fraction of sp³-hybridized carbons (Fsp3) is 0.308. The molecule has 0 spiro atoms. The maximum atomic E-state index is 13.2. The van der Waals surface area contributed by atoms with Crippen LogP contribution in [0.4, 0.5) is 13.2 Å². The second kappa shape index (κ2) is 9.15. The highest BCUT2D eigenvalue weighted by molar-refractivity contribution is 6.06. The molecule has 1 aliphatic carbocycles. The van der Waals surface area contributed by atoms with Crippen LogP contribution in [0, 0.1) is 6.92 Å². The molecule has 166 valence electrons. The molecule has 1 aromatic heterocycles. The highest BCUT2D eigenvalue weighted by atomic mass is 19.4. The van der Waals surface area contributed by atoms with Crippen molar-refractivity contribution in [3.63, 3.8) is 0 Å². The summed E-state index contributed by atoms with van der Waals surface area (Å²) in [5.41, 5.74) is 2.65. The summed E-state index contributed by atoms with van der Waals surface area (Å²) < 4.78 is 41.0. The van der Waals surface area contributed by atoms with E-state index in [0.717, 1.165) is 17.3 Å². The summed E-state index contributed by atoms with van der Waals surface area (Å²) in [4.78, 5) is 16.5. The second-order valence-electron chi connectivity index (χ2n) is 8.33. The van der Waals surface area contributed by atoms with E-state index >= 15 is 0 Å². The minimum Gasteiger partial charge on any atom is -0.327 e. The minimum absolute atomic E-state index is 0.193. The standard InChI is InChI=1S/C26H25F3N2O/c1-18-11-13-21(14-12-18)24(32)25-30-23(26(27,28)29)17-31(25)15-3-2-6-19-7-4-10-22(16-19)20-8-5-9-20/h2,4,6-7,10-14,16-17,20H,3,5,8-9,15H2,1H3/b6-2+. The van der Waals surface area contributed by atoms with Gasteiger partial charge in [-0.1, -0.05) is 72.7 Å². The topological polar surface area (TPSA) is 34.9 Å². The predicted octanol–water partition coefficient (Wildman–Crippen LogP) is 6.81. The van der Waals surface area contributed by atoms with Gasteiger partial charge in [0.1, 0.15) is 0 Å². The number of hydrogen-bond donors (Lipinski definition) is 0. The van der Waals surface area contributed by atoms with Gasteiger partial charge >= 0.3 is 6.18 Å². The Morgan fingerprint density at radius 1 is 1.16 bits per heavy atom. The van der Waals surface area contributed by atoms with Crippen LogP contribution in [0.25, 0.3) is 6.08 Å². The monoisotopic (exact) mass is 438 g/mol. The number of allylic oxidation sites excluding steroid dienone is 1. The highest BCUT2D eigenvalue weighted by Gasteiger charge is 2.35. The summed E-state index contributed by atoms with van der Waals surface area (Å²) in [7, 11) is 0. The van der Waals surface area contributed by atoms with E-state index in [1.807, 2.05) is 31.2 Å². The molecule has 0 saturated heterocycles. The number of nitrogens with zero attached hydrogens (tertiary/aromatic N) is 2. The van der Waals surface area contributed by atoms with Crippen LogP contribution < -0.4 is 0 Å². The summed E-state index contributed by atoms with van der Waals surface area (Å²) >= 11 is 0. The molecule has 0 amide bonds. The number of hydrogen-bond acceptors (Lipinski definition) is 2. The lowest BCUT2D eigenvalue weighted by atomic mass is 9.80. The van der Waals surface area contributed by atoms with Gasteiger partial charge in [0.05, 0.1) is 0 Å². The summed E-state index contributed by atoms with van der Waals surface area (Å²) in [6.45, 7) is 2.11. The van der Waals surface area contributed by atoms with Gasteiger partial charge in [-0.15, -0.1) is 0 Å². The van der Waals surface area contributed by atoms with Gasteiger partial charge < -0.3 is 4.57 Å². The number of imidazole rings is 1. The van der Waals surface area contributed by atoms with Crippen molar-refractivity contribution in [1.29, 1.82) is 0 Å². The van der Waals surface area contributed by atoms with Crippen molar-refractivity contribution in [2.75, 3.05) is 0 Å². The molecule has 0 radical (unpaired) electrons.